The molecule has 0 aliphatic rings. The van der Waals surface area contributed by atoms with E-state index in [0.717, 1.165) is 28.3 Å². The number of amides is 1. The Bertz CT molecular complexity index is 907. The highest BCUT2D eigenvalue weighted by Crippen LogP contribution is 2.24. The highest BCUT2D eigenvalue weighted by molar-refractivity contribution is 6.04. The maximum atomic E-state index is 12.6. The molecule has 0 fully saturated rings. The molecule has 0 heterocycles. The Morgan fingerprint density at radius 1 is 0.889 bits per heavy atom. The van der Waals surface area contributed by atoms with Gasteiger partial charge in [-0.1, -0.05) is 36.4 Å². The molecule has 3 aromatic carbocycles. The Kier molecular flexibility index (Phi) is 6.10. The smallest absolute Gasteiger partial charge is 0.255 e. The summed E-state index contributed by atoms with van der Waals surface area (Å²) in [6.45, 7) is 4.81. The number of para-hydroxylation sites is 2. The highest BCUT2D eigenvalue weighted by Gasteiger charge is 2.12. The van der Waals surface area contributed by atoms with Crippen molar-refractivity contribution in [2.24, 2.45) is 0 Å². The molecule has 3 aromatic rings. The third-order valence-electron chi connectivity index (χ3n) is 4.13. The van der Waals surface area contributed by atoms with Crippen LogP contribution in [0, 0.1) is 6.92 Å². The number of anilines is 1. The number of rotatable bonds is 7. The summed E-state index contributed by atoms with van der Waals surface area (Å²) >= 11 is 0. The first-order valence-corrected chi connectivity index (χ1v) is 8.98. The van der Waals surface area contributed by atoms with Gasteiger partial charge in [-0.25, -0.2) is 0 Å². The predicted octanol–water partition coefficient (Wildman–Crippen LogP) is 5.23. The number of hydrogen-bond acceptors (Lipinski definition) is 3. The maximum Gasteiger partial charge on any atom is 0.255 e. The van der Waals surface area contributed by atoms with Crippen LogP contribution in [0.2, 0.25) is 0 Å². The maximum absolute atomic E-state index is 12.6. The Hall–Kier alpha value is -3.27. The monoisotopic (exact) mass is 361 g/mol. The molecule has 0 saturated heterocycles. The molecule has 0 radical (unpaired) electrons. The minimum atomic E-state index is -0.165. The molecule has 0 atom stereocenters. The summed E-state index contributed by atoms with van der Waals surface area (Å²) < 4.78 is 11.6. The summed E-state index contributed by atoms with van der Waals surface area (Å²) in [5.41, 5.74) is 3.22. The SMILES string of the molecule is CCOc1ccc(C(=O)Nc2ccccc2)cc1COc1ccccc1C. The second-order valence-corrected chi connectivity index (χ2v) is 6.13. The summed E-state index contributed by atoms with van der Waals surface area (Å²) in [5.74, 6) is 1.38. The Balaban J connectivity index is 1.79. The van der Waals surface area contributed by atoms with Gasteiger partial charge in [0.25, 0.3) is 5.91 Å². The largest absolute Gasteiger partial charge is 0.493 e. The number of hydrogen-bond donors (Lipinski definition) is 1. The molecule has 138 valence electrons. The highest BCUT2D eigenvalue weighted by atomic mass is 16.5. The summed E-state index contributed by atoms with van der Waals surface area (Å²) in [6.07, 6.45) is 0. The summed E-state index contributed by atoms with van der Waals surface area (Å²) in [4.78, 5) is 12.6. The van der Waals surface area contributed by atoms with Crippen LogP contribution in [0.15, 0.2) is 72.8 Å². The number of carbonyl (C=O) groups excluding carboxylic acids is 1. The van der Waals surface area contributed by atoms with Gasteiger partial charge in [0.15, 0.2) is 0 Å². The zero-order valence-corrected chi connectivity index (χ0v) is 15.6. The number of aryl methyl sites for hydroxylation is 1. The van der Waals surface area contributed by atoms with Crippen LogP contribution in [0.4, 0.5) is 5.69 Å². The molecule has 0 spiro atoms. The van der Waals surface area contributed by atoms with E-state index in [1.807, 2.05) is 80.6 Å². The van der Waals surface area contributed by atoms with E-state index in [0.29, 0.717) is 18.8 Å². The standard InChI is InChI=1S/C23H23NO3/c1-3-26-22-14-13-18(23(25)24-20-10-5-4-6-11-20)15-19(22)16-27-21-12-8-7-9-17(21)2/h4-15H,3,16H2,1-2H3,(H,24,25). The van der Waals surface area contributed by atoms with Crippen molar-refractivity contribution >= 4 is 11.6 Å². The molecule has 0 saturated carbocycles. The van der Waals surface area contributed by atoms with Crippen molar-refractivity contribution in [2.45, 2.75) is 20.5 Å². The topological polar surface area (TPSA) is 47.6 Å². The van der Waals surface area contributed by atoms with E-state index in [2.05, 4.69) is 5.32 Å². The van der Waals surface area contributed by atoms with Crippen LogP contribution in [0.25, 0.3) is 0 Å². The second-order valence-electron chi connectivity index (χ2n) is 6.13. The van der Waals surface area contributed by atoms with Crippen LogP contribution in [0.5, 0.6) is 11.5 Å². The van der Waals surface area contributed by atoms with Gasteiger partial charge in [-0.15, -0.1) is 0 Å². The molecule has 0 aliphatic heterocycles. The number of benzene rings is 3. The Morgan fingerprint density at radius 2 is 1.63 bits per heavy atom. The zero-order valence-electron chi connectivity index (χ0n) is 15.6. The van der Waals surface area contributed by atoms with Crippen molar-refractivity contribution in [3.8, 4) is 11.5 Å². The van der Waals surface area contributed by atoms with Gasteiger partial charge < -0.3 is 14.8 Å². The van der Waals surface area contributed by atoms with Crippen molar-refractivity contribution in [2.75, 3.05) is 11.9 Å². The van der Waals surface area contributed by atoms with Gasteiger partial charge in [0.05, 0.1) is 6.61 Å². The Morgan fingerprint density at radius 3 is 2.37 bits per heavy atom. The van der Waals surface area contributed by atoms with Crippen LogP contribution in [-0.2, 0) is 6.61 Å². The second kappa shape index (κ2) is 8.90. The fourth-order valence-electron chi connectivity index (χ4n) is 2.73. The van der Waals surface area contributed by atoms with Crippen molar-refractivity contribution in [3.63, 3.8) is 0 Å². The fourth-order valence-corrected chi connectivity index (χ4v) is 2.73. The average Bonchev–Trinajstić information content (AvgIpc) is 2.69. The number of carbonyl (C=O) groups is 1. The molecule has 1 amide bonds. The predicted molar refractivity (Wildman–Crippen MR) is 108 cm³/mol. The van der Waals surface area contributed by atoms with Crippen LogP contribution < -0.4 is 14.8 Å². The molecular weight excluding hydrogens is 338 g/mol. The lowest BCUT2D eigenvalue weighted by molar-refractivity contribution is 0.102. The van der Waals surface area contributed by atoms with Crippen molar-refractivity contribution in [1.29, 1.82) is 0 Å². The molecule has 27 heavy (non-hydrogen) atoms. The molecular formula is C23H23NO3. The molecule has 4 nitrogen and oxygen atoms in total. The van der Waals surface area contributed by atoms with Crippen LogP contribution in [0.1, 0.15) is 28.4 Å². The molecule has 0 bridgehead atoms. The van der Waals surface area contributed by atoms with E-state index < -0.39 is 0 Å². The van der Waals surface area contributed by atoms with Gasteiger partial charge in [0, 0.05) is 16.8 Å². The third-order valence-corrected chi connectivity index (χ3v) is 4.13. The summed E-state index contributed by atoms with van der Waals surface area (Å²) in [7, 11) is 0. The van der Waals surface area contributed by atoms with E-state index in [-0.39, 0.29) is 5.91 Å². The first-order chi connectivity index (χ1) is 13.2. The third kappa shape index (κ3) is 4.88. The van der Waals surface area contributed by atoms with Gasteiger partial charge in [-0.2, -0.15) is 0 Å². The summed E-state index contributed by atoms with van der Waals surface area (Å²) in [5, 5.41) is 2.90. The first-order valence-electron chi connectivity index (χ1n) is 8.98. The average molecular weight is 361 g/mol. The van der Waals surface area contributed by atoms with E-state index in [1.165, 1.54) is 0 Å². The lowest BCUT2D eigenvalue weighted by Crippen LogP contribution is -2.13. The minimum absolute atomic E-state index is 0.165. The van der Waals surface area contributed by atoms with Crippen LogP contribution in [-0.4, -0.2) is 12.5 Å². The van der Waals surface area contributed by atoms with Crippen molar-refractivity contribution in [1.82, 2.24) is 0 Å². The van der Waals surface area contributed by atoms with E-state index in [4.69, 9.17) is 9.47 Å². The van der Waals surface area contributed by atoms with Gasteiger partial charge in [-0.05, 0) is 55.8 Å². The molecule has 4 heteroatoms. The normalized spacial score (nSPS) is 10.3. The molecule has 3 rings (SSSR count). The van der Waals surface area contributed by atoms with Gasteiger partial charge in [-0.3, -0.25) is 4.79 Å². The fraction of sp³-hybridized carbons (Fsp3) is 0.174. The van der Waals surface area contributed by atoms with Gasteiger partial charge in [0.2, 0.25) is 0 Å². The van der Waals surface area contributed by atoms with Crippen LogP contribution >= 0.6 is 0 Å². The van der Waals surface area contributed by atoms with Gasteiger partial charge >= 0.3 is 0 Å². The van der Waals surface area contributed by atoms with Crippen molar-refractivity contribution in [3.05, 3.63) is 89.5 Å². The number of nitrogens with one attached hydrogen (secondary N) is 1. The summed E-state index contributed by atoms with van der Waals surface area (Å²) in [6, 6.07) is 22.6. The van der Waals surface area contributed by atoms with E-state index in [1.54, 1.807) is 6.07 Å². The molecule has 1 N–H and O–H groups in total. The Labute approximate surface area is 159 Å². The van der Waals surface area contributed by atoms with E-state index >= 15 is 0 Å². The van der Waals surface area contributed by atoms with Gasteiger partial charge in [0.1, 0.15) is 18.1 Å². The molecule has 0 aliphatic carbocycles. The van der Waals surface area contributed by atoms with Crippen molar-refractivity contribution < 1.29 is 14.3 Å². The minimum Gasteiger partial charge on any atom is -0.493 e. The lowest BCUT2D eigenvalue weighted by atomic mass is 10.1. The first kappa shape index (κ1) is 18.5. The van der Waals surface area contributed by atoms with E-state index in [9.17, 15) is 4.79 Å². The zero-order chi connectivity index (χ0) is 19.1. The lowest BCUT2D eigenvalue weighted by Gasteiger charge is -2.14. The molecule has 0 aromatic heterocycles. The van der Waals surface area contributed by atoms with Crippen LogP contribution in [0.3, 0.4) is 0 Å². The quantitative estimate of drug-likeness (QED) is 0.627. The molecule has 0 unspecified atom stereocenters. The number of ether oxygens (including phenoxy) is 2.